The Morgan fingerprint density at radius 1 is 1.25 bits per heavy atom. The number of hydrogen-bond acceptors (Lipinski definition) is 4. The Labute approximate surface area is 143 Å². The number of amides is 1. The van der Waals surface area contributed by atoms with Gasteiger partial charge in [0, 0.05) is 24.3 Å². The number of likely N-dealkylation sites (tertiary alicyclic amines) is 1. The monoisotopic (exact) mass is 324 g/mol. The Balaban J connectivity index is 1.83. The number of carbonyl (C=O) groups excluding carboxylic acids is 1. The van der Waals surface area contributed by atoms with Crippen LogP contribution >= 0.6 is 0 Å². The summed E-state index contributed by atoms with van der Waals surface area (Å²) in [5.41, 5.74) is 1.42. The zero-order valence-corrected chi connectivity index (χ0v) is 14.3. The van der Waals surface area contributed by atoms with Crippen molar-refractivity contribution >= 4 is 17.4 Å². The Kier molecular flexibility index (Phi) is 5.08. The molecule has 0 aliphatic carbocycles. The van der Waals surface area contributed by atoms with Crippen molar-refractivity contribution in [2.24, 2.45) is 0 Å². The minimum absolute atomic E-state index is 0.0168. The van der Waals surface area contributed by atoms with Crippen LogP contribution in [0.25, 0.3) is 0 Å². The first-order chi connectivity index (χ1) is 11.7. The lowest BCUT2D eigenvalue weighted by Gasteiger charge is -2.35. The molecule has 2 aromatic rings. The van der Waals surface area contributed by atoms with E-state index in [4.69, 9.17) is 0 Å². The molecule has 2 heterocycles. The summed E-state index contributed by atoms with van der Waals surface area (Å²) in [6, 6.07) is 11.9. The Morgan fingerprint density at radius 3 is 2.79 bits per heavy atom. The van der Waals surface area contributed by atoms with Crippen molar-refractivity contribution < 1.29 is 4.79 Å². The van der Waals surface area contributed by atoms with Gasteiger partial charge in [-0.15, -0.1) is 0 Å². The molecule has 3 rings (SSSR count). The summed E-state index contributed by atoms with van der Waals surface area (Å²) in [5.74, 6) is 1.27. The van der Waals surface area contributed by atoms with E-state index in [9.17, 15) is 4.79 Å². The quantitative estimate of drug-likeness (QED) is 0.925. The topological polar surface area (TPSA) is 58.1 Å². The highest BCUT2D eigenvalue weighted by Gasteiger charge is 2.27. The van der Waals surface area contributed by atoms with Crippen LogP contribution in [-0.2, 0) is 0 Å². The number of aryl methyl sites for hydroxylation is 1. The molecule has 5 heteroatoms. The second kappa shape index (κ2) is 7.43. The van der Waals surface area contributed by atoms with Crippen molar-refractivity contribution in [2.45, 2.75) is 45.6 Å². The van der Waals surface area contributed by atoms with Crippen LogP contribution in [0.4, 0.5) is 11.5 Å². The van der Waals surface area contributed by atoms with Crippen molar-refractivity contribution in [3.8, 4) is 0 Å². The van der Waals surface area contributed by atoms with E-state index >= 15 is 0 Å². The van der Waals surface area contributed by atoms with Gasteiger partial charge >= 0.3 is 0 Å². The maximum atomic E-state index is 12.9. The molecule has 1 aliphatic heterocycles. The molecule has 0 radical (unpaired) electrons. The number of para-hydroxylation sites is 1. The van der Waals surface area contributed by atoms with Gasteiger partial charge in [-0.2, -0.15) is 0 Å². The Bertz CT molecular complexity index is 702. The van der Waals surface area contributed by atoms with E-state index in [1.807, 2.05) is 42.2 Å². The molecular formula is C19H24N4O. The third-order valence-corrected chi connectivity index (χ3v) is 4.46. The average molecular weight is 324 g/mol. The number of hydrogen-bond donors (Lipinski definition) is 1. The van der Waals surface area contributed by atoms with Gasteiger partial charge in [-0.05, 0) is 44.7 Å². The zero-order valence-electron chi connectivity index (χ0n) is 14.3. The molecule has 1 fully saturated rings. The van der Waals surface area contributed by atoms with E-state index in [0.717, 1.165) is 31.5 Å². The van der Waals surface area contributed by atoms with E-state index in [-0.39, 0.29) is 5.91 Å². The lowest BCUT2D eigenvalue weighted by Crippen LogP contribution is -2.43. The zero-order chi connectivity index (χ0) is 16.9. The largest absolute Gasteiger partial charge is 0.340 e. The predicted molar refractivity (Wildman–Crippen MR) is 95.5 cm³/mol. The van der Waals surface area contributed by atoms with Gasteiger partial charge in [-0.25, -0.2) is 9.97 Å². The number of nitrogens with one attached hydrogen (secondary N) is 1. The predicted octanol–water partition coefficient (Wildman–Crippen LogP) is 3.93. The molecule has 0 spiro atoms. The van der Waals surface area contributed by atoms with Crippen molar-refractivity contribution in [3.05, 3.63) is 47.9 Å². The van der Waals surface area contributed by atoms with Crippen LogP contribution in [-0.4, -0.2) is 33.4 Å². The number of benzene rings is 1. The van der Waals surface area contributed by atoms with Crippen LogP contribution in [0.2, 0.25) is 0 Å². The van der Waals surface area contributed by atoms with Gasteiger partial charge in [0.1, 0.15) is 17.3 Å². The number of rotatable bonds is 4. The molecule has 1 atom stereocenters. The smallest absolute Gasteiger partial charge is 0.272 e. The molecule has 1 aromatic heterocycles. The van der Waals surface area contributed by atoms with Crippen molar-refractivity contribution in [2.75, 3.05) is 11.9 Å². The maximum absolute atomic E-state index is 12.9. The van der Waals surface area contributed by atoms with Gasteiger partial charge in [-0.3, -0.25) is 4.79 Å². The molecule has 0 bridgehead atoms. The number of aromatic nitrogens is 2. The summed E-state index contributed by atoms with van der Waals surface area (Å²) in [6.07, 6.45) is 4.35. The van der Waals surface area contributed by atoms with Gasteiger partial charge in [0.2, 0.25) is 0 Å². The van der Waals surface area contributed by atoms with Crippen molar-refractivity contribution in [3.63, 3.8) is 0 Å². The van der Waals surface area contributed by atoms with Gasteiger partial charge in [-0.1, -0.05) is 25.1 Å². The first-order valence-corrected chi connectivity index (χ1v) is 8.66. The third-order valence-electron chi connectivity index (χ3n) is 4.46. The Morgan fingerprint density at radius 2 is 2.04 bits per heavy atom. The lowest BCUT2D eigenvalue weighted by molar-refractivity contribution is 0.0601. The molecule has 126 valence electrons. The van der Waals surface area contributed by atoms with Gasteiger partial charge in [0.15, 0.2) is 0 Å². The molecule has 0 saturated carbocycles. The average Bonchev–Trinajstić information content (AvgIpc) is 2.61. The molecule has 5 nitrogen and oxygen atoms in total. The molecule has 24 heavy (non-hydrogen) atoms. The molecule has 1 saturated heterocycles. The van der Waals surface area contributed by atoms with Crippen LogP contribution in [0.3, 0.4) is 0 Å². The SMILES string of the molecule is CCC1CCCCN1C(=O)c1cc(Nc2ccccc2)nc(C)n1. The fourth-order valence-electron chi connectivity index (χ4n) is 3.25. The minimum atomic E-state index is 0.0168. The van der Waals surface area contributed by atoms with E-state index < -0.39 is 0 Å². The van der Waals surface area contributed by atoms with Gasteiger partial charge < -0.3 is 10.2 Å². The fourth-order valence-corrected chi connectivity index (χ4v) is 3.25. The summed E-state index contributed by atoms with van der Waals surface area (Å²) in [5, 5.41) is 3.25. The van der Waals surface area contributed by atoms with E-state index in [1.54, 1.807) is 6.07 Å². The second-order valence-corrected chi connectivity index (χ2v) is 6.23. The van der Waals surface area contributed by atoms with Gasteiger partial charge in [0.25, 0.3) is 5.91 Å². The maximum Gasteiger partial charge on any atom is 0.272 e. The minimum Gasteiger partial charge on any atom is -0.340 e. The van der Waals surface area contributed by atoms with Crippen molar-refractivity contribution in [1.29, 1.82) is 0 Å². The molecule has 1 aliphatic rings. The van der Waals surface area contributed by atoms with Crippen LogP contribution < -0.4 is 5.32 Å². The summed E-state index contributed by atoms with van der Waals surface area (Å²) in [4.78, 5) is 23.7. The highest BCUT2D eigenvalue weighted by atomic mass is 16.2. The number of piperidine rings is 1. The fraction of sp³-hybridized carbons (Fsp3) is 0.421. The van der Waals surface area contributed by atoms with Crippen LogP contribution in [0.15, 0.2) is 36.4 Å². The van der Waals surface area contributed by atoms with E-state index in [2.05, 4.69) is 22.2 Å². The highest BCUT2D eigenvalue weighted by Crippen LogP contribution is 2.22. The highest BCUT2D eigenvalue weighted by molar-refractivity contribution is 5.93. The molecular weight excluding hydrogens is 300 g/mol. The van der Waals surface area contributed by atoms with Crippen LogP contribution in [0.1, 0.15) is 48.9 Å². The summed E-state index contributed by atoms with van der Waals surface area (Å²) in [7, 11) is 0. The standard InChI is InChI=1S/C19H24N4O/c1-3-16-11-7-8-12-23(16)19(24)17-13-18(21-14(2)20-17)22-15-9-5-4-6-10-15/h4-6,9-10,13,16H,3,7-8,11-12H2,1-2H3,(H,20,21,22). The molecule has 1 unspecified atom stereocenters. The van der Waals surface area contributed by atoms with Gasteiger partial charge in [0.05, 0.1) is 0 Å². The number of anilines is 2. The number of carbonyl (C=O) groups is 1. The molecule has 1 N–H and O–H groups in total. The summed E-state index contributed by atoms with van der Waals surface area (Å²) >= 11 is 0. The lowest BCUT2D eigenvalue weighted by atomic mass is 9.99. The first kappa shape index (κ1) is 16.4. The molecule has 1 amide bonds. The van der Waals surface area contributed by atoms with E-state index in [1.165, 1.54) is 6.42 Å². The summed E-state index contributed by atoms with van der Waals surface area (Å²) in [6.45, 7) is 4.78. The first-order valence-electron chi connectivity index (χ1n) is 8.66. The Hall–Kier alpha value is -2.43. The van der Waals surface area contributed by atoms with Crippen LogP contribution in [0, 0.1) is 6.92 Å². The van der Waals surface area contributed by atoms with E-state index in [0.29, 0.717) is 23.4 Å². The van der Waals surface area contributed by atoms with Crippen LogP contribution in [0.5, 0.6) is 0 Å². The summed E-state index contributed by atoms with van der Waals surface area (Å²) < 4.78 is 0. The second-order valence-electron chi connectivity index (χ2n) is 6.23. The number of nitrogens with zero attached hydrogens (tertiary/aromatic N) is 3. The van der Waals surface area contributed by atoms with Crippen molar-refractivity contribution in [1.82, 2.24) is 14.9 Å². The molecule has 1 aromatic carbocycles. The normalized spacial score (nSPS) is 17.6. The third kappa shape index (κ3) is 3.72.